The average molecular weight is 498 g/mol. The number of aromatic nitrogens is 2. The van der Waals surface area contributed by atoms with Crippen LogP contribution in [0.5, 0.6) is 0 Å². The van der Waals surface area contributed by atoms with Crippen LogP contribution in [0.3, 0.4) is 0 Å². The first-order valence-corrected chi connectivity index (χ1v) is 13.0. The molecule has 0 unspecified atom stereocenters. The van der Waals surface area contributed by atoms with E-state index in [9.17, 15) is 0 Å². The zero-order chi connectivity index (χ0) is 23.8. The molecule has 180 valence electrons. The highest BCUT2D eigenvalue weighted by Crippen LogP contribution is 2.33. The van der Waals surface area contributed by atoms with Gasteiger partial charge in [0.2, 0.25) is 0 Å². The van der Waals surface area contributed by atoms with E-state index in [0.29, 0.717) is 23.6 Å². The van der Waals surface area contributed by atoms with Gasteiger partial charge < -0.3 is 15.4 Å². The molecule has 0 spiro atoms. The first-order valence-electron chi connectivity index (χ1n) is 11.8. The van der Waals surface area contributed by atoms with Crippen molar-refractivity contribution in [1.29, 1.82) is 0 Å². The van der Waals surface area contributed by atoms with Crippen LogP contribution in [0.15, 0.2) is 46.9 Å². The summed E-state index contributed by atoms with van der Waals surface area (Å²) in [6, 6.07) is 10.9. The van der Waals surface area contributed by atoms with E-state index in [1.807, 2.05) is 11.4 Å². The van der Waals surface area contributed by atoms with Crippen molar-refractivity contribution in [3.63, 3.8) is 0 Å². The number of nitrogens with zero attached hydrogens (tertiary/aromatic N) is 3. The Kier molecular flexibility index (Phi) is 8.91. The summed E-state index contributed by atoms with van der Waals surface area (Å²) in [5.41, 5.74) is 4.25. The van der Waals surface area contributed by atoms with Crippen LogP contribution in [0.4, 0.5) is 10.9 Å². The number of halogens is 1. The minimum atomic E-state index is 0.410. The van der Waals surface area contributed by atoms with Crippen molar-refractivity contribution in [3.05, 3.63) is 58.1 Å². The van der Waals surface area contributed by atoms with Gasteiger partial charge in [0.1, 0.15) is 5.82 Å². The molecule has 1 aromatic carbocycles. The highest BCUT2D eigenvalue weighted by molar-refractivity contribution is 7.14. The van der Waals surface area contributed by atoms with Crippen LogP contribution >= 0.6 is 22.9 Å². The fraction of sp³-hybridized carbons (Fsp3) is 0.423. The second kappa shape index (κ2) is 12.3. The smallest absolute Gasteiger partial charge is 0.183 e. The van der Waals surface area contributed by atoms with Gasteiger partial charge in [-0.2, -0.15) is 0 Å². The van der Waals surface area contributed by atoms with E-state index < -0.39 is 0 Å². The highest BCUT2D eigenvalue weighted by Gasteiger charge is 2.20. The number of benzene rings is 1. The number of ether oxygens (including phenoxy) is 1. The molecule has 1 fully saturated rings. The molecule has 0 aliphatic heterocycles. The van der Waals surface area contributed by atoms with Crippen LogP contribution in [0.25, 0.3) is 11.3 Å². The van der Waals surface area contributed by atoms with E-state index in [1.54, 1.807) is 24.6 Å². The number of nitrogens with one attached hydrogen (secondary N) is 2. The number of methoxy groups -OCH3 is 1. The maximum absolute atomic E-state index is 6.49. The fourth-order valence-electron chi connectivity index (χ4n) is 4.07. The molecule has 2 N–H and O–H groups in total. The molecule has 1 aliphatic rings. The standard InChI is InChI=1S/C26H32ClN5OS/c1-18-3-5-20(6-4-18)15-30-26-32-24(17-34-26)22-13-25(29-16-23(22)27)31-21-9-7-19(8-10-21)14-28-11-12-33-2/h3-6,13-14,16-17,19,21H,7-12,15H2,1-2H3,(H,29,31)(H,30,32)/b28-14+. The van der Waals surface area contributed by atoms with E-state index in [4.69, 9.17) is 21.3 Å². The molecular weight excluding hydrogens is 466 g/mol. The van der Waals surface area contributed by atoms with Crippen molar-refractivity contribution in [2.75, 3.05) is 30.9 Å². The van der Waals surface area contributed by atoms with Crippen LogP contribution in [-0.2, 0) is 11.3 Å². The Labute approximate surface area is 210 Å². The molecule has 2 heterocycles. The van der Waals surface area contributed by atoms with Crippen LogP contribution in [0.1, 0.15) is 36.8 Å². The normalized spacial score (nSPS) is 18.3. The Morgan fingerprint density at radius 1 is 1.21 bits per heavy atom. The van der Waals surface area contributed by atoms with Crippen LogP contribution in [0, 0.1) is 12.8 Å². The monoisotopic (exact) mass is 497 g/mol. The number of aryl methyl sites for hydroxylation is 1. The minimum absolute atomic E-state index is 0.410. The molecule has 1 aliphatic carbocycles. The number of rotatable bonds is 10. The lowest BCUT2D eigenvalue weighted by atomic mass is 9.87. The number of aliphatic imine (C=N–C) groups is 1. The summed E-state index contributed by atoms with van der Waals surface area (Å²) < 4.78 is 5.05. The third-order valence-corrected chi connectivity index (χ3v) is 7.17. The topological polar surface area (TPSA) is 71.4 Å². The minimum Gasteiger partial charge on any atom is -0.383 e. The second-order valence-electron chi connectivity index (χ2n) is 8.73. The molecule has 6 nitrogen and oxygen atoms in total. The van der Waals surface area contributed by atoms with Crippen molar-refractivity contribution in [2.45, 2.75) is 45.2 Å². The summed E-state index contributed by atoms with van der Waals surface area (Å²) in [5.74, 6) is 1.41. The van der Waals surface area contributed by atoms with Crippen LogP contribution in [-0.4, -0.2) is 42.5 Å². The molecular formula is C26H32ClN5OS. The van der Waals surface area contributed by atoms with Gasteiger partial charge >= 0.3 is 0 Å². The highest BCUT2D eigenvalue weighted by atomic mass is 35.5. The second-order valence-corrected chi connectivity index (χ2v) is 10.00. The lowest BCUT2D eigenvalue weighted by Gasteiger charge is -2.27. The maximum Gasteiger partial charge on any atom is 0.183 e. The van der Waals surface area contributed by atoms with Crippen molar-refractivity contribution in [3.8, 4) is 11.3 Å². The SMILES string of the molecule is COCC/N=C/C1CCC(Nc2cc(-c3csc(NCc4ccc(C)cc4)n3)c(Cl)cn2)CC1. The zero-order valence-corrected chi connectivity index (χ0v) is 21.3. The van der Waals surface area contributed by atoms with Crippen LogP contribution < -0.4 is 10.6 Å². The van der Waals surface area contributed by atoms with Gasteiger partial charge in [-0.25, -0.2) is 9.97 Å². The van der Waals surface area contributed by atoms with Gasteiger partial charge in [0.15, 0.2) is 5.13 Å². The third kappa shape index (κ3) is 7.01. The molecule has 0 radical (unpaired) electrons. The first kappa shape index (κ1) is 24.6. The molecule has 0 bridgehead atoms. The van der Waals surface area contributed by atoms with E-state index in [0.717, 1.165) is 61.0 Å². The number of thiazole rings is 1. The molecule has 0 saturated heterocycles. The molecule has 4 rings (SSSR count). The molecule has 3 aromatic rings. The fourth-order valence-corrected chi connectivity index (χ4v) is 4.98. The Bertz CT molecular complexity index is 1080. The Balaban J connectivity index is 1.33. The van der Waals surface area contributed by atoms with E-state index in [-0.39, 0.29) is 0 Å². The van der Waals surface area contributed by atoms with Gasteiger partial charge in [-0.3, -0.25) is 4.99 Å². The van der Waals surface area contributed by atoms with Gasteiger partial charge in [0.25, 0.3) is 0 Å². The largest absolute Gasteiger partial charge is 0.383 e. The van der Waals surface area contributed by atoms with Gasteiger partial charge in [-0.1, -0.05) is 41.4 Å². The molecule has 2 aromatic heterocycles. The lowest BCUT2D eigenvalue weighted by molar-refractivity contribution is 0.208. The summed E-state index contributed by atoms with van der Waals surface area (Å²) >= 11 is 8.08. The van der Waals surface area contributed by atoms with Crippen molar-refractivity contribution >= 4 is 40.1 Å². The van der Waals surface area contributed by atoms with E-state index in [2.05, 4.69) is 58.0 Å². The van der Waals surface area contributed by atoms with Crippen molar-refractivity contribution in [2.24, 2.45) is 10.9 Å². The van der Waals surface area contributed by atoms with Gasteiger partial charge in [-0.15, -0.1) is 11.3 Å². The average Bonchev–Trinajstić information content (AvgIpc) is 3.32. The number of hydrogen-bond acceptors (Lipinski definition) is 7. The Hall–Kier alpha value is -2.48. The predicted molar refractivity (Wildman–Crippen MR) is 143 cm³/mol. The first-order chi connectivity index (χ1) is 16.6. The quantitative estimate of drug-likeness (QED) is 0.248. The zero-order valence-electron chi connectivity index (χ0n) is 19.8. The van der Waals surface area contributed by atoms with Crippen molar-refractivity contribution < 1.29 is 4.74 Å². The summed E-state index contributed by atoms with van der Waals surface area (Å²) in [7, 11) is 1.71. The Morgan fingerprint density at radius 2 is 2.00 bits per heavy atom. The third-order valence-electron chi connectivity index (χ3n) is 6.06. The number of anilines is 2. The lowest BCUT2D eigenvalue weighted by Crippen LogP contribution is -2.27. The van der Waals surface area contributed by atoms with Crippen LogP contribution in [0.2, 0.25) is 5.02 Å². The molecule has 8 heteroatoms. The van der Waals surface area contributed by atoms with Gasteiger partial charge in [0.05, 0.1) is 23.9 Å². The van der Waals surface area contributed by atoms with Crippen molar-refractivity contribution in [1.82, 2.24) is 9.97 Å². The number of hydrogen-bond donors (Lipinski definition) is 2. The summed E-state index contributed by atoms with van der Waals surface area (Å²) in [4.78, 5) is 13.7. The van der Waals surface area contributed by atoms with E-state index in [1.165, 1.54) is 11.1 Å². The van der Waals surface area contributed by atoms with E-state index >= 15 is 0 Å². The van der Waals surface area contributed by atoms with Gasteiger partial charge in [-0.05, 0) is 50.2 Å². The molecule has 0 amide bonds. The van der Waals surface area contributed by atoms with Gasteiger partial charge in [0, 0.05) is 43.1 Å². The molecule has 0 atom stereocenters. The summed E-state index contributed by atoms with van der Waals surface area (Å²) in [5, 5.41) is 10.5. The summed E-state index contributed by atoms with van der Waals surface area (Å²) in [6.45, 7) is 4.26. The number of pyridine rings is 1. The Morgan fingerprint density at radius 3 is 2.76 bits per heavy atom. The maximum atomic E-state index is 6.49. The summed E-state index contributed by atoms with van der Waals surface area (Å²) in [6.07, 6.45) is 8.30. The molecule has 1 saturated carbocycles. The predicted octanol–water partition coefficient (Wildman–Crippen LogP) is 6.47. The molecule has 34 heavy (non-hydrogen) atoms.